The van der Waals surface area contributed by atoms with Crippen molar-refractivity contribution in [2.75, 3.05) is 13.1 Å². The lowest BCUT2D eigenvalue weighted by atomic mass is 9.77. The van der Waals surface area contributed by atoms with Crippen LogP contribution in [0, 0.1) is 18.8 Å². The number of aliphatic imine (C=N–C) groups is 1. The number of halogens is 1. The third-order valence-electron chi connectivity index (χ3n) is 4.83. The van der Waals surface area contributed by atoms with E-state index >= 15 is 0 Å². The summed E-state index contributed by atoms with van der Waals surface area (Å²) in [6.45, 7) is 4.48. The summed E-state index contributed by atoms with van der Waals surface area (Å²) in [5.41, 5.74) is 6.53. The first-order chi connectivity index (χ1) is 9.84. The highest BCUT2D eigenvalue weighted by Crippen LogP contribution is 2.43. The highest BCUT2D eigenvalue weighted by molar-refractivity contribution is 6.31. The standard InChI is InChI=1S/C18H20N2.ClH/c1-12-4-2-7-16-17(12)15-6-3-5-14(18(15)20-16)13-8-10-19-11-9-13;/h2-7,13-14,19H,8-11H2,1H3;1H. The lowest BCUT2D eigenvalue weighted by Crippen LogP contribution is -2.34. The van der Waals surface area contributed by atoms with E-state index in [0.29, 0.717) is 5.92 Å². The first-order valence-corrected chi connectivity index (χ1v) is 7.63. The number of piperidine rings is 1. The van der Waals surface area contributed by atoms with E-state index in [1.54, 1.807) is 0 Å². The minimum Gasteiger partial charge on any atom is -0.317 e. The van der Waals surface area contributed by atoms with Gasteiger partial charge in [0.15, 0.2) is 0 Å². The summed E-state index contributed by atoms with van der Waals surface area (Å²) < 4.78 is 0. The molecule has 1 aromatic carbocycles. The van der Waals surface area contributed by atoms with E-state index in [1.165, 1.54) is 35.3 Å². The van der Waals surface area contributed by atoms with Crippen LogP contribution in [0.15, 0.2) is 41.4 Å². The van der Waals surface area contributed by atoms with E-state index in [0.717, 1.165) is 24.7 Å². The molecule has 1 atom stereocenters. The van der Waals surface area contributed by atoms with Gasteiger partial charge < -0.3 is 5.32 Å². The van der Waals surface area contributed by atoms with Crippen molar-refractivity contribution in [3.05, 3.63) is 47.6 Å². The normalized spacial score (nSPS) is 23.8. The van der Waals surface area contributed by atoms with Crippen LogP contribution in [0.4, 0.5) is 5.69 Å². The van der Waals surface area contributed by atoms with E-state index in [4.69, 9.17) is 4.99 Å². The van der Waals surface area contributed by atoms with Crippen LogP contribution in [-0.2, 0) is 0 Å². The van der Waals surface area contributed by atoms with Crippen molar-refractivity contribution in [2.24, 2.45) is 16.8 Å². The first kappa shape index (κ1) is 14.6. The number of nitrogens with zero attached hydrogens (tertiary/aromatic N) is 1. The molecule has 1 saturated heterocycles. The highest BCUT2D eigenvalue weighted by Gasteiger charge is 2.33. The summed E-state index contributed by atoms with van der Waals surface area (Å²) in [6, 6.07) is 6.45. The molecule has 0 bridgehead atoms. The van der Waals surface area contributed by atoms with Gasteiger partial charge in [0.2, 0.25) is 0 Å². The number of allylic oxidation sites excluding steroid dienone is 4. The molecule has 2 nitrogen and oxygen atoms in total. The van der Waals surface area contributed by atoms with Gasteiger partial charge in [-0.3, -0.25) is 4.99 Å². The van der Waals surface area contributed by atoms with Crippen molar-refractivity contribution in [2.45, 2.75) is 19.8 Å². The van der Waals surface area contributed by atoms with Gasteiger partial charge in [-0.25, -0.2) is 0 Å². The fourth-order valence-corrected chi connectivity index (χ4v) is 3.78. The van der Waals surface area contributed by atoms with Crippen molar-refractivity contribution in [3.63, 3.8) is 0 Å². The molecular formula is C18H21ClN2. The monoisotopic (exact) mass is 300 g/mol. The van der Waals surface area contributed by atoms with Crippen LogP contribution in [0.3, 0.4) is 0 Å². The topological polar surface area (TPSA) is 24.4 Å². The Morgan fingerprint density at radius 3 is 2.81 bits per heavy atom. The Hall–Kier alpha value is -1.38. The predicted octanol–water partition coefficient (Wildman–Crippen LogP) is 4.07. The Kier molecular flexibility index (Phi) is 4.01. The Balaban J connectivity index is 0.00000132. The van der Waals surface area contributed by atoms with Crippen molar-refractivity contribution in [1.82, 2.24) is 5.32 Å². The maximum Gasteiger partial charge on any atom is 0.0715 e. The molecule has 0 radical (unpaired) electrons. The molecule has 2 aliphatic heterocycles. The molecule has 1 N–H and O–H groups in total. The second-order valence-corrected chi connectivity index (χ2v) is 6.04. The minimum absolute atomic E-state index is 0. The highest BCUT2D eigenvalue weighted by atomic mass is 35.5. The number of benzene rings is 1. The predicted molar refractivity (Wildman–Crippen MR) is 91.7 cm³/mol. The Morgan fingerprint density at radius 1 is 1.19 bits per heavy atom. The number of rotatable bonds is 1. The molecule has 0 spiro atoms. The second kappa shape index (κ2) is 5.78. The van der Waals surface area contributed by atoms with Gasteiger partial charge in [0.25, 0.3) is 0 Å². The lowest BCUT2D eigenvalue weighted by Gasteiger charge is -2.30. The molecule has 0 amide bonds. The van der Waals surface area contributed by atoms with E-state index in [1.807, 2.05) is 0 Å². The van der Waals surface area contributed by atoms with Crippen molar-refractivity contribution < 1.29 is 0 Å². The molecule has 1 aromatic rings. The summed E-state index contributed by atoms with van der Waals surface area (Å²) in [6.07, 6.45) is 9.37. The summed E-state index contributed by atoms with van der Waals surface area (Å²) in [7, 11) is 0. The van der Waals surface area contributed by atoms with Gasteiger partial charge in [-0.2, -0.15) is 0 Å². The average molecular weight is 301 g/mol. The van der Waals surface area contributed by atoms with Gasteiger partial charge in [-0.05, 0) is 50.4 Å². The molecule has 21 heavy (non-hydrogen) atoms. The Labute approximate surface area is 132 Å². The van der Waals surface area contributed by atoms with Crippen LogP contribution in [0.1, 0.15) is 24.0 Å². The first-order valence-electron chi connectivity index (χ1n) is 7.63. The van der Waals surface area contributed by atoms with E-state index in [-0.39, 0.29) is 12.4 Å². The molecule has 1 unspecified atom stereocenters. The molecule has 1 aliphatic carbocycles. The van der Waals surface area contributed by atoms with Crippen molar-refractivity contribution >= 4 is 29.4 Å². The molecule has 2 heterocycles. The minimum atomic E-state index is 0. The van der Waals surface area contributed by atoms with Crippen molar-refractivity contribution in [3.8, 4) is 0 Å². The molecule has 0 saturated carbocycles. The van der Waals surface area contributed by atoms with Crippen LogP contribution in [0.2, 0.25) is 0 Å². The van der Waals surface area contributed by atoms with Crippen molar-refractivity contribution in [1.29, 1.82) is 0 Å². The average Bonchev–Trinajstić information content (AvgIpc) is 2.88. The Morgan fingerprint density at radius 2 is 2.00 bits per heavy atom. The Bertz CT molecular complexity index is 637. The third-order valence-corrected chi connectivity index (χ3v) is 4.83. The van der Waals surface area contributed by atoms with Gasteiger partial charge in [-0.1, -0.05) is 30.4 Å². The summed E-state index contributed by atoms with van der Waals surface area (Å²) in [5.74, 6) is 1.24. The zero-order valence-electron chi connectivity index (χ0n) is 12.3. The lowest BCUT2D eigenvalue weighted by molar-refractivity contribution is 0.344. The van der Waals surface area contributed by atoms with Gasteiger partial charge in [0.1, 0.15) is 0 Å². The van der Waals surface area contributed by atoms with Crippen LogP contribution < -0.4 is 5.32 Å². The molecule has 3 aliphatic rings. The zero-order chi connectivity index (χ0) is 13.5. The molecule has 3 heteroatoms. The number of hydrogen-bond donors (Lipinski definition) is 1. The SMILES string of the molecule is Cc1cccc2c1C1=CC=CC(C3CCNCC3)C1=N2.Cl. The van der Waals surface area contributed by atoms with E-state index in [9.17, 15) is 0 Å². The molecule has 4 rings (SSSR count). The fraction of sp³-hybridized carbons (Fsp3) is 0.389. The maximum atomic E-state index is 4.97. The number of nitrogens with one attached hydrogen (secondary N) is 1. The molecule has 0 aromatic heterocycles. The van der Waals surface area contributed by atoms with Gasteiger partial charge in [0.05, 0.1) is 11.4 Å². The largest absolute Gasteiger partial charge is 0.317 e. The molecule has 1 fully saturated rings. The smallest absolute Gasteiger partial charge is 0.0715 e. The number of aryl methyl sites for hydroxylation is 1. The van der Waals surface area contributed by atoms with Crippen LogP contribution >= 0.6 is 12.4 Å². The quantitative estimate of drug-likeness (QED) is 0.830. The number of hydrogen-bond acceptors (Lipinski definition) is 2. The van der Waals surface area contributed by atoms with Crippen LogP contribution in [-0.4, -0.2) is 18.8 Å². The van der Waals surface area contributed by atoms with Crippen LogP contribution in [0.5, 0.6) is 0 Å². The second-order valence-electron chi connectivity index (χ2n) is 6.04. The van der Waals surface area contributed by atoms with E-state index in [2.05, 4.69) is 48.7 Å². The molecular weight excluding hydrogens is 280 g/mol. The van der Waals surface area contributed by atoms with E-state index < -0.39 is 0 Å². The number of fused-ring (bicyclic) bond motifs is 3. The molecule has 110 valence electrons. The summed E-state index contributed by atoms with van der Waals surface area (Å²) in [4.78, 5) is 4.97. The van der Waals surface area contributed by atoms with Gasteiger partial charge >= 0.3 is 0 Å². The fourth-order valence-electron chi connectivity index (χ4n) is 3.78. The maximum absolute atomic E-state index is 4.97. The van der Waals surface area contributed by atoms with Gasteiger partial charge in [-0.15, -0.1) is 12.4 Å². The third kappa shape index (κ3) is 2.37. The zero-order valence-corrected chi connectivity index (χ0v) is 13.1. The van der Waals surface area contributed by atoms with Gasteiger partial charge in [0, 0.05) is 17.1 Å². The van der Waals surface area contributed by atoms with Crippen LogP contribution in [0.25, 0.3) is 5.57 Å². The summed E-state index contributed by atoms with van der Waals surface area (Å²) in [5, 5.41) is 3.46. The summed E-state index contributed by atoms with van der Waals surface area (Å²) >= 11 is 0.